The largest absolute Gasteiger partial charge is 0.367 e. The zero-order chi connectivity index (χ0) is 19.7. The lowest BCUT2D eigenvalue weighted by atomic mass is 10.0. The Labute approximate surface area is 167 Å². The first-order valence-corrected chi connectivity index (χ1v) is 10.5. The van der Waals surface area contributed by atoms with Crippen molar-refractivity contribution in [2.45, 2.75) is 45.2 Å². The van der Waals surface area contributed by atoms with Gasteiger partial charge >= 0.3 is 0 Å². The molecule has 1 aromatic carbocycles. The molecule has 0 atom stereocenters. The molecule has 0 spiro atoms. The van der Waals surface area contributed by atoms with E-state index in [9.17, 15) is 8.78 Å². The Morgan fingerprint density at radius 3 is 2.54 bits per heavy atom. The van der Waals surface area contributed by atoms with Crippen LogP contribution >= 0.6 is 11.3 Å². The second-order valence-corrected chi connectivity index (χ2v) is 8.59. The van der Waals surface area contributed by atoms with E-state index in [1.54, 1.807) is 11.3 Å². The SMILES string of the molecule is CC(C)c1nc(NC2CCN(Cc3cc(F)cc(F)c3)CC2)c2ccsc2n1. The molecule has 0 saturated carbocycles. The van der Waals surface area contributed by atoms with Crippen LogP contribution in [0.4, 0.5) is 14.6 Å². The third-order valence-electron chi connectivity index (χ3n) is 5.12. The van der Waals surface area contributed by atoms with Gasteiger partial charge in [0.25, 0.3) is 0 Å². The number of hydrogen-bond donors (Lipinski definition) is 1. The monoisotopic (exact) mass is 402 g/mol. The van der Waals surface area contributed by atoms with Crippen molar-refractivity contribution in [2.24, 2.45) is 0 Å². The van der Waals surface area contributed by atoms with E-state index in [0.717, 1.165) is 53.9 Å². The molecule has 0 bridgehead atoms. The van der Waals surface area contributed by atoms with E-state index in [4.69, 9.17) is 4.98 Å². The number of hydrogen-bond acceptors (Lipinski definition) is 5. The summed E-state index contributed by atoms with van der Waals surface area (Å²) in [5.74, 6) is 1.02. The van der Waals surface area contributed by atoms with Crippen molar-refractivity contribution in [3.05, 3.63) is 52.7 Å². The number of aromatic nitrogens is 2. The Balaban J connectivity index is 1.41. The van der Waals surface area contributed by atoms with Gasteiger partial charge in [0.1, 0.15) is 28.1 Å². The van der Waals surface area contributed by atoms with Crippen molar-refractivity contribution in [3.63, 3.8) is 0 Å². The molecule has 2 aromatic heterocycles. The fraction of sp³-hybridized carbons (Fsp3) is 0.429. The van der Waals surface area contributed by atoms with Crippen LogP contribution in [0.3, 0.4) is 0 Å². The maximum Gasteiger partial charge on any atom is 0.138 e. The molecular formula is C21H24F2N4S. The highest BCUT2D eigenvalue weighted by atomic mass is 32.1. The number of benzene rings is 1. The van der Waals surface area contributed by atoms with Crippen molar-refractivity contribution in [1.82, 2.24) is 14.9 Å². The lowest BCUT2D eigenvalue weighted by Crippen LogP contribution is -2.38. The summed E-state index contributed by atoms with van der Waals surface area (Å²) < 4.78 is 26.8. The van der Waals surface area contributed by atoms with Gasteiger partial charge in [-0.15, -0.1) is 11.3 Å². The second kappa shape index (κ2) is 8.09. The van der Waals surface area contributed by atoms with Crippen molar-refractivity contribution >= 4 is 27.4 Å². The Morgan fingerprint density at radius 1 is 1.14 bits per heavy atom. The van der Waals surface area contributed by atoms with Crippen molar-refractivity contribution in [1.29, 1.82) is 0 Å². The molecule has 1 N–H and O–H groups in total. The molecule has 4 rings (SSSR count). The molecule has 1 saturated heterocycles. The Bertz CT molecular complexity index is 944. The third kappa shape index (κ3) is 4.31. The molecule has 3 aromatic rings. The molecule has 0 radical (unpaired) electrons. The van der Waals surface area contributed by atoms with Crippen molar-refractivity contribution in [2.75, 3.05) is 18.4 Å². The smallest absolute Gasteiger partial charge is 0.138 e. The highest BCUT2D eigenvalue weighted by molar-refractivity contribution is 7.16. The summed E-state index contributed by atoms with van der Waals surface area (Å²) in [5, 5.41) is 6.74. The maximum absolute atomic E-state index is 13.4. The Hall–Kier alpha value is -2.12. The van der Waals surface area contributed by atoms with Crippen LogP contribution in [0.5, 0.6) is 0 Å². The van der Waals surface area contributed by atoms with E-state index in [1.807, 2.05) is 0 Å². The molecule has 148 valence electrons. The molecule has 1 aliphatic rings. The summed E-state index contributed by atoms with van der Waals surface area (Å²) in [5.41, 5.74) is 0.682. The Morgan fingerprint density at radius 2 is 1.86 bits per heavy atom. The van der Waals surface area contributed by atoms with E-state index in [2.05, 4.69) is 40.5 Å². The fourth-order valence-corrected chi connectivity index (χ4v) is 4.40. The van der Waals surface area contributed by atoms with Gasteiger partial charge in [0.05, 0.1) is 5.39 Å². The topological polar surface area (TPSA) is 41.1 Å². The maximum atomic E-state index is 13.4. The minimum atomic E-state index is -0.518. The number of nitrogens with zero attached hydrogens (tertiary/aromatic N) is 3. The zero-order valence-electron chi connectivity index (χ0n) is 16.1. The average Bonchev–Trinajstić information content (AvgIpc) is 3.11. The molecule has 1 fully saturated rings. The van der Waals surface area contributed by atoms with Crippen molar-refractivity contribution in [3.8, 4) is 0 Å². The van der Waals surface area contributed by atoms with Gasteiger partial charge in [-0.2, -0.15) is 0 Å². The zero-order valence-corrected chi connectivity index (χ0v) is 16.9. The van der Waals surface area contributed by atoms with Crippen LogP contribution in [-0.2, 0) is 6.54 Å². The summed E-state index contributed by atoms with van der Waals surface area (Å²) in [7, 11) is 0. The van der Waals surface area contributed by atoms with Gasteiger partial charge in [-0.05, 0) is 42.0 Å². The fourth-order valence-electron chi connectivity index (χ4n) is 3.63. The normalized spacial score (nSPS) is 16.2. The predicted molar refractivity (Wildman–Crippen MR) is 110 cm³/mol. The summed E-state index contributed by atoms with van der Waals surface area (Å²) in [6.45, 7) is 6.54. The molecular weight excluding hydrogens is 378 g/mol. The predicted octanol–water partition coefficient (Wildman–Crippen LogP) is 5.17. The summed E-state index contributed by atoms with van der Waals surface area (Å²) in [6.07, 6.45) is 1.93. The average molecular weight is 403 g/mol. The number of rotatable bonds is 5. The summed E-state index contributed by atoms with van der Waals surface area (Å²) in [6, 6.07) is 6.14. The van der Waals surface area contributed by atoms with Gasteiger partial charge in [-0.25, -0.2) is 18.7 Å². The minimum Gasteiger partial charge on any atom is -0.367 e. The van der Waals surface area contributed by atoms with Gasteiger partial charge in [0.2, 0.25) is 0 Å². The number of thiophene rings is 1. The third-order valence-corrected chi connectivity index (χ3v) is 5.92. The number of likely N-dealkylation sites (tertiary alicyclic amines) is 1. The molecule has 7 heteroatoms. The van der Waals surface area contributed by atoms with Crippen LogP contribution in [0, 0.1) is 11.6 Å². The number of nitrogens with one attached hydrogen (secondary N) is 1. The second-order valence-electron chi connectivity index (χ2n) is 7.70. The molecule has 28 heavy (non-hydrogen) atoms. The quantitative estimate of drug-likeness (QED) is 0.639. The van der Waals surface area contributed by atoms with E-state index >= 15 is 0 Å². The summed E-state index contributed by atoms with van der Waals surface area (Å²) >= 11 is 1.64. The molecule has 0 unspecified atom stereocenters. The highest BCUT2D eigenvalue weighted by Gasteiger charge is 2.21. The van der Waals surface area contributed by atoms with Crippen LogP contribution < -0.4 is 5.32 Å². The Kier molecular flexibility index (Phi) is 5.55. The molecule has 1 aliphatic heterocycles. The van der Waals surface area contributed by atoms with E-state index in [1.165, 1.54) is 12.1 Å². The van der Waals surface area contributed by atoms with Crippen LogP contribution in [-0.4, -0.2) is 34.0 Å². The first kappa shape index (κ1) is 19.2. The van der Waals surface area contributed by atoms with Crippen LogP contribution in [0.2, 0.25) is 0 Å². The molecule has 0 aliphatic carbocycles. The van der Waals surface area contributed by atoms with Crippen LogP contribution in [0.25, 0.3) is 10.2 Å². The van der Waals surface area contributed by atoms with Gasteiger partial charge in [-0.3, -0.25) is 4.90 Å². The van der Waals surface area contributed by atoms with Gasteiger partial charge in [-0.1, -0.05) is 13.8 Å². The number of halogens is 2. The lowest BCUT2D eigenvalue weighted by molar-refractivity contribution is 0.211. The summed E-state index contributed by atoms with van der Waals surface area (Å²) in [4.78, 5) is 12.7. The van der Waals surface area contributed by atoms with Crippen LogP contribution in [0.1, 0.15) is 44.0 Å². The molecule has 3 heterocycles. The van der Waals surface area contributed by atoms with E-state index < -0.39 is 11.6 Å². The van der Waals surface area contributed by atoms with E-state index in [0.29, 0.717) is 18.2 Å². The minimum absolute atomic E-state index is 0.278. The highest BCUT2D eigenvalue weighted by Crippen LogP contribution is 2.29. The van der Waals surface area contributed by atoms with Gasteiger partial charge < -0.3 is 5.32 Å². The first-order valence-electron chi connectivity index (χ1n) is 9.67. The first-order chi connectivity index (χ1) is 13.5. The number of piperidine rings is 1. The molecule has 0 amide bonds. The lowest BCUT2D eigenvalue weighted by Gasteiger charge is -2.32. The van der Waals surface area contributed by atoms with Gasteiger partial charge in [0, 0.05) is 37.7 Å². The van der Waals surface area contributed by atoms with Crippen molar-refractivity contribution < 1.29 is 8.78 Å². The number of anilines is 1. The van der Waals surface area contributed by atoms with E-state index in [-0.39, 0.29) is 5.92 Å². The number of fused-ring (bicyclic) bond motifs is 1. The molecule has 4 nitrogen and oxygen atoms in total. The standard InChI is InChI=1S/C21H24F2N4S/c1-13(2)19-25-20(18-5-8-28-21(18)26-19)24-17-3-6-27(7-4-17)12-14-9-15(22)11-16(23)10-14/h5,8-11,13,17H,3-4,6-7,12H2,1-2H3,(H,24,25,26). The van der Waals surface area contributed by atoms with Crippen LogP contribution in [0.15, 0.2) is 29.6 Å². The van der Waals surface area contributed by atoms with Gasteiger partial charge in [0.15, 0.2) is 0 Å².